The lowest BCUT2D eigenvalue weighted by Gasteiger charge is -2.33. The highest BCUT2D eigenvalue weighted by molar-refractivity contribution is 7.11. The molecule has 0 bridgehead atoms. The van der Waals surface area contributed by atoms with Crippen LogP contribution in [0.15, 0.2) is 4.99 Å². The van der Waals surface area contributed by atoms with Crippen molar-refractivity contribution in [2.75, 3.05) is 39.3 Å². The summed E-state index contributed by atoms with van der Waals surface area (Å²) < 4.78 is 5.67. The molecule has 2 heterocycles. The summed E-state index contributed by atoms with van der Waals surface area (Å²) in [4.78, 5) is 13.1. The van der Waals surface area contributed by atoms with E-state index in [0.717, 1.165) is 75.3 Å². The van der Waals surface area contributed by atoms with Gasteiger partial charge in [-0.1, -0.05) is 0 Å². The molecule has 1 saturated heterocycles. The van der Waals surface area contributed by atoms with Gasteiger partial charge in [0.25, 0.3) is 0 Å². The highest BCUT2D eigenvalue weighted by Gasteiger charge is 2.19. The van der Waals surface area contributed by atoms with Crippen molar-refractivity contribution in [3.05, 3.63) is 15.6 Å². The molecule has 1 aromatic rings. The van der Waals surface area contributed by atoms with Crippen molar-refractivity contribution in [3.8, 4) is 0 Å². The minimum Gasteiger partial charge on any atom is -0.377 e. The molecule has 0 aliphatic carbocycles. The Hall–Kier alpha value is -1.18. The number of ether oxygens (including phenoxy) is 1. The number of hydrogen-bond acceptors (Lipinski definition) is 5. The van der Waals surface area contributed by atoms with E-state index in [4.69, 9.17) is 9.73 Å². The molecule has 1 aliphatic heterocycles. The van der Waals surface area contributed by atoms with Gasteiger partial charge >= 0.3 is 0 Å². The van der Waals surface area contributed by atoms with Crippen LogP contribution < -0.4 is 10.6 Å². The lowest BCUT2D eigenvalue weighted by atomic mass is 10.1. The monoisotopic (exact) mass is 395 g/mol. The molecule has 1 aromatic heterocycles. The van der Waals surface area contributed by atoms with Gasteiger partial charge in [0.15, 0.2) is 5.96 Å². The van der Waals surface area contributed by atoms with Crippen molar-refractivity contribution in [1.82, 2.24) is 20.5 Å². The van der Waals surface area contributed by atoms with E-state index in [1.807, 2.05) is 0 Å². The van der Waals surface area contributed by atoms with Crippen LogP contribution in [-0.2, 0) is 11.2 Å². The van der Waals surface area contributed by atoms with E-state index in [0.29, 0.717) is 12.1 Å². The van der Waals surface area contributed by atoms with Crippen LogP contribution in [0.3, 0.4) is 0 Å². The van der Waals surface area contributed by atoms with E-state index in [-0.39, 0.29) is 0 Å². The van der Waals surface area contributed by atoms with Crippen LogP contribution in [0.1, 0.15) is 49.2 Å². The average Bonchev–Trinajstić information content (AvgIpc) is 2.94. The minimum absolute atomic E-state index is 0.320. The lowest BCUT2D eigenvalue weighted by Crippen LogP contribution is -2.49. The average molecular weight is 396 g/mol. The van der Waals surface area contributed by atoms with Gasteiger partial charge in [-0.05, 0) is 47.5 Å². The third kappa shape index (κ3) is 8.15. The van der Waals surface area contributed by atoms with E-state index in [2.05, 4.69) is 55.1 Å². The first-order chi connectivity index (χ1) is 13.0. The molecule has 2 N–H and O–H groups in total. The van der Waals surface area contributed by atoms with Crippen LogP contribution in [0.5, 0.6) is 0 Å². The number of aryl methyl sites for hydroxylation is 2. The van der Waals surface area contributed by atoms with Crippen molar-refractivity contribution in [2.24, 2.45) is 4.99 Å². The van der Waals surface area contributed by atoms with Crippen LogP contribution in [0.25, 0.3) is 0 Å². The number of thiazole rings is 1. The standard InChI is InChI=1S/C20H37N5OS/c1-6-21-20(22-10-7-19-16(4)23-17(5)27-19)24-18-8-11-25(12-9-18)13-14-26-15(2)3/h15,18H,6-14H2,1-5H3,(H2,21,22,24). The van der Waals surface area contributed by atoms with Gasteiger partial charge in [-0.15, -0.1) is 11.3 Å². The second kappa shape index (κ2) is 11.6. The Balaban J connectivity index is 1.74. The van der Waals surface area contributed by atoms with Crippen molar-refractivity contribution >= 4 is 17.3 Å². The molecule has 0 unspecified atom stereocenters. The van der Waals surface area contributed by atoms with Gasteiger partial charge in [-0.3, -0.25) is 4.99 Å². The maximum atomic E-state index is 5.67. The van der Waals surface area contributed by atoms with Gasteiger partial charge in [-0.25, -0.2) is 4.98 Å². The molecule has 27 heavy (non-hydrogen) atoms. The Bertz CT molecular complexity index is 579. The zero-order valence-electron chi connectivity index (χ0n) is 17.7. The first-order valence-electron chi connectivity index (χ1n) is 10.3. The van der Waals surface area contributed by atoms with Crippen molar-refractivity contribution in [3.63, 3.8) is 0 Å². The van der Waals surface area contributed by atoms with Crippen LogP contribution in [0.4, 0.5) is 0 Å². The normalized spacial score (nSPS) is 16.9. The summed E-state index contributed by atoms with van der Waals surface area (Å²) in [5.74, 6) is 0.943. The van der Waals surface area contributed by atoms with E-state index in [9.17, 15) is 0 Å². The molecule has 7 heteroatoms. The van der Waals surface area contributed by atoms with E-state index < -0.39 is 0 Å². The summed E-state index contributed by atoms with van der Waals surface area (Å²) in [6.45, 7) is 16.2. The summed E-state index contributed by atoms with van der Waals surface area (Å²) in [5.41, 5.74) is 1.15. The highest BCUT2D eigenvalue weighted by Crippen LogP contribution is 2.17. The fourth-order valence-electron chi connectivity index (χ4n) is 3.31. The Kier molecular flexibility index (Phi) is 9.51. The van der Waals surface area contributed by atoms with Gasteiger partial charge in [0.1, 0.15) is 0 Å². The van der Waals surface area contributed by atoms with Crippen LogP contribution in [0, 0.1) is 13.8 Å². The molecule has 2 rings (SSSR count). The maximum Gasteiger partial charge on any atom is 0.191 e. The molecule has 154 valence electrons. The number of rotatable bonds is 9. The number of aliphatic imine (C=N–C) groups is 1. The quantitative estimate of drug-likeness (QED) is 0.497. The van der Waals surface area contributed by atoms with Crippen molar-refractivity contribution in [1.29, 1.82) is 0 Å². The predicted molar refractivity (Wildman–Crippen MR) is 115 cm³/mol. The Labute approximate surface area is 168 Å². The second-order valence-corrected chi connectivity index (χ2v) is 8.72. The molecule has 0 radical (unpaired) electrons. The molecule has 0 spiro atoms. The first-order valence-corrected chi connectivity index (χ1v) is 11.1. The molecule has 0 amide bonds. The zero-order valence-corrected chi connectivity index (χ0v) is 18.5. The number of hydrogen-bond donors (Lipinski definition) is 2. The lowest BCUT2D eigenvalue weighted by molar-refractivity contribution is 0.0532. The van der Waals surface area contributed by atoms with Gasteiger partial charge < -0.3 is 20.3 Å². The molecule has 1 fully saturated rings. The Morgan fingerprint density at radius 1 is 1.33 bits per heavy atom. The van der Waals surface area contributed by atoms with E-state index in [1.54, 1.807) is 11.3 Å². The van der Waals surface area contributed by atoms with Gasteiger partial charge in [0, 0.05) is 50.1 Å². The molecule has 0 aromatic carbocycles. The summed E-state index contributed by atoms with van der Waals surface area (Å²) in [5, 5.41) is 8.15. The van der Waals surface area contributed by atoms with Crippen molar-refractivity contribution in [2.45, 2.75) is 66.0 Å². The maximum absolute atomic E-state index is 5.67. The number of likely N-dealkylation sites (tertiary alicyclic amines) is 1. The van der Waals surface area contributed by atoms with Gasteiger partial charge in [0.05, 0.1) is 23.4 Å². The fraction of sp³-hybridized carbons (Fsp3) is 0.800. The molecule has 6 nitrogen and oxygen atoms in total. The number of guanidine groups is 1. The molecule has 1 aliphatic rings. The fourth-order valence-corrected chi connectivity index (χ4v) is 4.23. The van der Waals surface area contributed by atoms with Crippen LogP contribution >= 0.6 is 11.3 Å². The van der Waals surface area contributed by atoms with Gasteiger partial charge in [0.2, 0.25) is 0 Å². The number of aromatic nitrogens is 1. The summed E-state index contributed by atoms with van der Waals surface area (Å²) in [7, 11) is 0. The second-order valence-electron chi connectivity index (χ2n) is 7.43. The van der Waals surface area contributed by atoms with E-state index in [1.165, 1.54) is 4.88 Å². The predicted octanol–water partition coefficient (Wildman–Crippen LogP) is 2.75. The summed E-state index contributed by atoms with van der Waals surface area (Å²) in [6.07, 6.45) is 3.58. The zero-order chi connectivity index (χ0) is 19.6. The smallest absolute Gasteiger partial charge is 0.191 e. The Morgan fingerprint density at radius 3 is 2.67 bits per heavy atom. The topological polar surface area (TPSA) is 61.8 Å². The molecule has 0 atom stereocenters. The summed E-state index contributed by atoms with van der Waals surface area (Å²) in [6, 6.07) is 0.498. The van der Waals surface area contributed by atoms with Crippen molar-refractivity contribution < 1.29 is 4.74 Å². The summed E-state index contributed by atoms with van der Waals surface area (Å²) >= 11 is 1.79. The highest BCUT2D eigenvalue weighted by atomic mass is 32.1. The number of piperidine rings is 1. The first kappa shape index (κ1) is 22.1. The third-order valence-corrected chi connectivity index (χ3v) is 5.87. The van der Waals surface area contributed by atoms with Crippen LogP contribution in [-0.4, -0.2) is 67.3 Å². The third-order valence-electron chi connectivity index (χ3n) is 4.74. The SMILES string of the molecule is CCNC(=NCCc1sc(C)nc1C)NC1CCN(CCOC(C)C)CC1. The van der Waals surface area contributed by atoms with Gasteiger partial charge in [-0.2, -0.15) is 0 Å². The molecular weight excluding hydrogens is 358 g/mol. The van der Waals surface area contributed by atoms with E-state index >= 15 is 0 Å². The molecular formula is C20H37N5OS. The number of nitrogens with one attached hydrogen (secondary N) is 2. The Morgan fingerprint density at radius 2 is 2.07 bits per heavy atom. The van der Waals surface area contributed by atoms with Crippen LogP contribution in [0.2, 0.25) is 0 Å². The largest absolute Gasteiger partial charge is 0.377 e. The minimum atomic E-state index is 0.320. The number of nitrogens with zero attached hydrogens (tertiary/aromatic N) is 3. The molecule has 0 saturated carbocycles.